The van der Waals surface area contributed by atoms with E-state index >= 15 is 0 Å². The van der Waals surface area contributed by atoms with E-state index in [2.05, 4.69) is 161 Å². The van der Waals surface area contributed by atoms with Crippen molar-refractivity contribution in [3.05, 3.63) is 179 Å². The molecule has 0 aliphatic carbocycles. The van der Waals surface area contributed by atoms with Gasteiger partial charge in [-0.3, -0.25) is 0 Å². The molecule has 11 rings (SSSR count). The molecule has 8 aromatic carbocycles. The summed E-state index contributed by atoms with van der Waals surface area (Å²) in [6, 6.07) is 54.4. The van der Waals surface area contributed by atoms with Crippen molar-refractivity contribution < 1.29 is 32.2 Å². The molecule has 1 saturated heterocycles. The molecule has 300 valence electrons. The van der Waals surface area contributed by atoms with Crippen molar-refractivity contribution in [1.29, 1.82) is 0 Å². The molecule has 0 amide bonds. The standard InChI is InChI=1S/2C26H21O.C3H4Cl2Si.Zr/c2*1-16-13-20-14-21(25-12-11-17(2)27-25)15-24(20)26(18(16)3)23-10-6-8-19-7-4-5-9-22(19)23;4-3(5)1-6-2-3;/h2*4-15H,1-3H3;1-2H2;/q2*-1;;+2. The monoisotopic (exact) mass is 926 g/mol. The van der Waals surface area contributed by atoms with E-state index in [-0.39, 0.29) is 9.77 Å². The van der Waals surface area contributed by atoms with Gasteiger partial charge in [-0.15, -0.1) is 57.9 Å². The molecule has 2 aromatic heterocycles. The molecule has 10 aromatic rings. The van der Waals surface area contributed by atoms with Crippen LogP contribution in [0.5, 0.6) is 0 Å². The van der Waals surface area contributed by atoms with Crippen molar-refractivity contribution in [2.45, 2.75) is 58.0 Å². The Morgan fingerprint density at radius 3 is 1.28 bits per heavy atom. The van der Waals surface area contributed by atoms with Gasteiger partial charge in [-0.2, -0.15) is 0 Å². The van der Waals surface area contributed by atoms with E-state index in [0.717, 1.165) is 46.3 Å². The average Bonchev–Trinajstić information content (AvgIpc) is 4.06. The summed E-state index contributed by atoms with van der Waals surface area (Å²) >= 11 is 13.1. The van der Waals surface area contributed by atoms with Gasteiger partial charge in [0.2, 0.25) is 0 Å². The Hall–Kier alpha value is -4.70. The molecular formula is C55H46Cl2O2SiZr. The maximum absolute atomic E-state index is 5.88. The molecule has 3 heterocycles. The fourth-order valence-corrected chi connectivity index (χ4v) is 19.7. The number of alkyl halides is 2. The van der Waals surface area contributed by atoms with Crippen LogP contribution < -0.4 is 0 Å². The second-order valence-electron chi connectivity index (χ2n) is 16.6. The summed E-state index contributed by atoms with van der Waals surface area (Å²) in [5.41, 5.74) is 12.9. The van der Waals surface area contributed by atoms with Crippen LogP contribution in [0.1, 0.15) is 33.8 Å². The molecule has 0 atom stereocenters. The Morgan fingerprint density at radius 2 is 0.918 bits per heavy atom. The summed E-state index contributed by atoms with van der Waals surface area (Å²) in [6.45, 7) is 12.8. The van der Waals surface area contributed by atoms with Crippen molar-refractivity contribution >= 4 is 71.7 Å². The van der Waals surface area contributed by atoms with E-state index in [0.29, 0.717) is 0 Å². The molecule has 0 N–H and O–H groups in total. The molecule has 6 heteroatoms. The molecular weight excluding hydrogens is 883 g/mol. The van der Waals surface area contributed by atoms with Crippen LogP contribution >= 0.6 is 23.2 Å². The van der Waals surface area contributed by atoms with E-state index in [1.807, 2.05) is 26.0 Å². The number of furan rings is 2. The molecule has 0 radical (unpaired) electrons. The number of rotatable bonds is 4. The Bertz CT molecular complexity index is 3050. The predicted octanol–water partition coefficient (Wildman–Crippen LogP) is 16.8. The van der Waals surface area contributed by atoms with Gasteiger partial charge in [0.25, 0.3) is 0 Å². The summed E-state index contributed by atoms with van der Waals surface area (Å²) in [5, 5.41) is 10.3. The third-order valence-corrected chi connectivity index (χ3v) is 18.3. The van der Waals surface area contributed by atoms with Gasteiger partial charge in [-0.1, -0.05) is 118 Å². The molecule has 0 saturated carbocycles. The summed E-state index contributed by atoms with van der Waals surface area (Å²) in [5.74, 6) is 3.75. The summed E-state index contributed by atoms with van der Waals surface area (Å²) < 4.78 is 11.5. The first kappa shape index (κ1) is 41.6. The fraction of sp³-hybridized carbons (Fsp3) is 0.164. The van der Waals surface area contributed by atoms with Crippen LogP contribution in [0.15, 0.2) is 154 Å². The van der Waals surface area contributed by atoms with Crippen molar-refractivity contribution in [3.8, 4) is 44.9 Å². The molecule has 2 nitrogen and oxygen atoms in total. The molecule has 1 aliphatic heterocycles. The van der Waals surface area contributed by atoms with E-state index in [4.69, 9.17) is 32.0 Å². The Morgan fingerprint density at radius 1 is 0.508 bits per heavy atom. The number of hydrogen-bond acceptors (Lipinski definition) is 2. The fourth-order valence-electron chi connectivity index (χ4n) is 8.82. The van der Waals surface area contributed by atoms with E-state index < -0.39 is 0 Å². The Labute approximate surface area is 383 Å². The zero-order chi connectivity index (χ0) is 42.6. The minimum atomic E-state index is -0.294. The quantitative estimate of drug-likeness (QED) is 0.0999. The normalized spacial score (nSPS) is 13.3. The number of hydrogen-bond donors (Lipinski definition) is 0. The number of fused-ring (bicyclic) bond motifs is 4. The Balaban J connectivity index is 0.000000135. The topological polar surface area (TPSA) is 26.3 Å². The second-order valence-corrected chi connectivity index (χ2v) is 25.3. The summed E-state index contributed by atoms with van der Waals surface area (Å²) in [4.78, 5) is 0. The number of halogens is 2. The number of aryl methyl sites for hydroxylation is 4. The van der Waals surface area contributed by atoms with Crippen LogP contribution in [0.2, 0.25) is 12.1 Å². The SMILES string of the molecule is Cc1ccc(-c2cc3c(-c4cccc5ccccc45)c(C)c(C)cc3[cH-]2)o1.Cc1ccc(-c2cc3c(-c4cccc5ccccc45)c(C)c(C)cc3[cH-]2)o1.ClC1(Cl)C[Si](=[Zr+2])C1. The van der Waals surface area contributed by atoms with Crippen molar-refractivity contribution in [2.24, 2.45) is 0 Å². The van der Waals surface area contributed by atoms with Crippen LogP contribution in [-0.4, -0.2) is 9.77 Å². The van der Waals surface area contributed by atoms with Crippen LogP contribution in [0, 0.1) is 41.5 Å². The number of benzene rings is 6. The van der Waals surface area contributed by atoms with Gasteiger partial charge in [0.05, 0.1) is 23.0 Å². The van der Waals surface area contributed by atoms with Gasteiger partial charge in [0, 0.05) is 0 Å². The first-order valence-electron chi connectivity index (χ1n) is 20.8. The third-order valence-electron chi connectivity index (χ3n) is 12.2. The van der Waals surface area contributed by atoms with Crippen LogP contribution in [0.25, 0.3) is 88.0 Å². The van der Waals surface area contributed by atoms with Crippen molar-refractivity contribution in [3.63, 3.8) is 0 Å². The first-order valence-corrected chi connectivity index (χ1v) is 27.1. The van der Waals surface area contributed by atoms with E-state index in [1.165, 1.54) is 87.6 Å². The molecule has 0 unspecified atom stereocenters. The zero-order valence-corrected chi connectivity index (χ0v) is 40.3. The average molecular weight is 929 g/mol. The summed E-state index contributed by atoms with van der Waals surface area (Å²) in [6.07, 6.45) is 0. The summed E-state index contributed by atoms with van der Waals surface area (Å²) in [7, 11) is 0. The molecule has 1 fully saturated rings. The van der Waals surface area contributed by atoms with Crippen LogP contribution in [-0.2, 0) is 23.3 Å². The predicted molar refractivity (Wildman–Crippen MR) is 259 cm³/mol. The third kappa shape index (κ3) is 8.33. The van der Waals surface area contributed by atoms with E-state index in [1.54, 1.807) is 23.3 Å². The van der Waals surface area contributed by atoms with E-state index in [9.17, 15) is 0 Å². The van der Waals surface area contributed by atoms with Gasteiger partial charge in [-0.25, -0.2) is 0 Å². The van der Waals surface area contributed by atoms with Crippen molar-refractivity contribution in [1.82, 2.24) is 0 Å². The van der Waals surface area contributed by atoms with Crippen LogP contribution in [0.4, 0.5) is 0 Å². The van der Waals surface area contributed by atoms with Gasteiger partial charge in [-0.05, 0) is 110 Å². The maximum atomic E-state index is 5.88. The Kier molecular flexibility index (Phi) is 11.5. The van der Waals surface area contributed by atoms with Gasteiger partial charge < -0.3 is 8.83 Å². The molecule has 61 heavy (non-hydrogen) atoms. The van der Waals surface area contributed by atoms with Gasteiger partial charge in [0.1, 0.15) is 0 Å². The molecule has 1 aliphatic rings. The minimum absolute atomic E-state index is 0.0262. The second kappa shape index (κ2) is 16.9. The zero-order valence-electron chi connectivity index (χ0n) is 35.3. The van der Waals surface area contributed by atoms with Crippen LogP contribution in [0.3, 0.4) is 0 Å². The van der Waals surface area contributed by atoms with Crippen molar-refractivity contribution in [2.75, 3.05) is 0 Å². The molecule has 0 spiro atoms. The first-order chi connectivity index (χ1) is 29.3. The van der Waals surface area contributed by atoms with Gasteiger partial charge in [0.15, 0.2) is 0 Å². The van der Waals surface area contributed by atoms with Gasteiger partial charge >= 0.3 is 68.4 Å². The molecule has 0 bridgehead atoms.